The van der Waals surface area contributed by atoms with Crippen LogP contribution in [0.1, 0.15) is 23.7 Å². The summed E-state index contributed by atoms with van der Waals surface area (Å²) in [5.74, 6) is -0.239. The Morgan fingerprint density at radius 2 is 1.79 bits per heavy atom. The number of allylic oxidation sites excluding steroid dienone is 3. The van der Waals surface area contributed by atoms with Crippen LogP contribution in [0.2, 0.25) is 0 Å². The van der Waals surface area contributed by atoms with E-state index in [1.807, 2.05) is 54.6 Å². The van der Waals surface area contributed by atoms with Crippen molar-refractivity contribution in [2.45, 2.75) is 13.3 Å². The van der Waals surface area contributed by atoms with Crippen molar-refractivity contribution in [2.24, 2.45) is 0 Å². The molecule has 1 aromatic carbocycles. The van der Waals surface area contributed by atoms with Crippen molar-refractivity contribution >= 4 is 16.6 Å². The highest BCUT2D eigenvalue weighted by Gasteiger charge is 2.21. The molecule has 0 atom stereocenters. The molecular weight excluding hydrogens is 413 g/mol. The first-order valence-electron chi connectivity index (χ1n) is 10.8. The molecule has 5 aromatic rings. The van der Waals surface area contributed by atoms with Gasteiger partial charge in [-0.25, -0.2) is 9.37 Å². The summed E-state index contributed by atoms with van der Waals surface area (Å²) in [5, 5.41) is 7.63. The van der Waals surface area contributed by atoms with E-state index in [1.165, 1.54) is 11.6 Å². The number of H-pyrrole nitrogens is 2. The lowest BCUT2D eigenvalue weighted by molar-refractivity contribution is 0.624. The van der Waals surface area contributed by atoms with E-state index in [0.29, 0.717) is 5.56 Å². The molecule has 160 valence electrons. The van der Waals surface area contributed by atoms with Crippen molar-refractivity contribution in [3.05, 3.63) is 107 Å². The third kappa shape index (κ3) is 3.36. The molecule has 4 aromatic heterocycles. The Balaban J connectivity index is 1.50. The van der Waals surface area contributed by atoms with E-state index in [-0.39, 0.29) is 5.82 Å². The van der Waals surface area contributed by atoms with Gasteiger partial charge in [0.15, 0.2) is 0 Å². The number of rotatable bonds is 3. The minimum absolute atomic E-state index is 0.239. The van der Waals surface area contributed by atoms with Gasteiger partial charge in [-0.3, -0.25) is 10.1 Å². The standard InChI is InChI=1S/C27H20FN5/c1-16-9-10-17(18-6-2-3-7-20(18)28)19-15-25(30-24(19)14-16)27-26-23(32-33-27)12-11-22(31-26)21-8-4-5-13-29-21/h2-13,15,30H,14H2,1H3,(H,32,33). The van der Waals surface area contributed by atoms with Crippen LogP contribution in [0.3, 0.4) is 0 Å². The van der Waals surface area contributed by atoms with Crippen molar-refractivity contribution in [1.29, 1.82) is 0 Å². The van der Waals surface area contributed by atoms with Crippen LogP contribution in [-0.4, -0.2) is 25.1 Å². The van der Waals surface area contributed by atoms with Gasteiger partial charge in [0.2, 0.25) is 0 Å². The first-order chi connectivity index (χ1) is 16.2. The zero-order valence-corrected chi connectivity index (χ0v) is 17.9. The van der Waals surface area contributed by atoms with Gasteiger partial charge in [-0.05, 0) is 48.9 Å². The Kier molecular flexibility index (Phi) is 4.50. The topological polar surface area (TPSA) is 70.2 Å². The van der Waals surface area contributed by atoms with Crippen molar-refractivity contribution in [1.82, 2.24) is 25.1 Å². The van der Waals surface area contributed by atoms with E-state index in [2.05, 4.69) is 33.2 Å². The quantitative estimate of drug-likeness (QED) is 0.362. The van der Waals surface area contributed by atoms with E-state index in [1.54, 1.807) is 12.3 Å². The van der Waals surface area contributed by atoms with Crippen molar-refractivity contribution in [3.63, 3.8) is 0 Å². The number of halogens is 1. The SMILES string of the molecule is CC1=CC=C(c2ccccc2F)c2cc(-c3n[nH]c4ccc(-c5ccccn5)nc34)[nH]c2C1. The van der Waals surface area contributed by atoms with Crippen molar-refractivity contribution in [3.8, 4) is 22.8 Å². The van der Waals surface area contributed by atoms with Crippen LogP contribution in [0, 0.1) is 5.82 Å². The molecule has 33 heavy (non-hydrogen) atoms. The minimum Gasteiger partial charge on any atom is -0.356 e. The Hall–Kier alpha value is -4.32. The summed E-state index contributed by atoms with van der Waals surface area (Å²) in [6, 6.07) is 18.6. The van der Waals surface area contributed by atoms with Gasteiger partial charge < -0.3 is 4.98 Å². The second-order valence-corrected chi connectivity index (χ2v) is 8.21. The summed E-state index contributed by atoms with van der Waals surface area (Å²) < 4.78 is 14.7. The number of aromatic nitrogens is 5. The molecule has 0 bridgehead atoms. The maximum absolute atomic E-state index is 14.7. The summed E-state index contributed by atoms with van der Waals surface area (Å²) in [6.07, 6.45) is 6.56. The first-order valence-corrected chi connectivity index (χ1v) is 10.8. The van der Waals surface area contributed by atoms with Gasteiger partial charge in [0.05, 0.1) is 22.6 Å². The van der Waals surface area contributed by atoms with Crippen LogP contribution in [0.4, 0.5) is 4.39 Å². The maximum Gasteiger partial charge on any atom is 0.135 e. The molecule has 0 unspecified atom stereocenters. The molecule has 0 saturated heterocycles. The highest BCUT2D eigenvalue weighted by Crippen LogP contribution is 2.36. The highest BCUT2D eigenvalue weighted by atomic mass is 19.1. The number of nitrogens with zero attached hydrogens (tertiary/aromatic N) is 3. The zero-order valence-electron chi connectivity index (χ0n) is 17.9. The van der Waals surface area contributed by atoms with Gasteiger partial charge >= 0.3 is 0 Å². The van der Waals surface area contributed by atoms with Crippen molar-refractivity contribution in [2.75, 3.05) is 0 Å². The van der Waals surface area contributed by atoms with Gasteiger partial charge in [0, 0.05) is 29.4 Å². The van der Waals surface area contributed by atoms with Crippen molar-refractivity contribution < 1.29 is 4.39 Å². The monoisotopic (exact) mass is 433 g/mol. The van der Waals surface area contributed by atoms with Crippen LogP contribution < -0.4 is 0 Å². The number of hydrogen-bond donors (Lipinski definition) is 2. The predicted octanol–water partition coefficient (Wildman–Crippen LogP) is 6.09. The normalized spacial score (nSPS) is 13.4. The van der Waals surface area contributed by atoms with Crippen LogP contribution in [0.5, 0.6) is 0 Å². The minimum atomic E-state index is -0.239. The lowest BCUT2D eigenvalue weighted by Gasteiger charge is -2.08. The largest absolute Gasteiger partial charge is 0.356 e. The first kappa shape index (κ1) is 19.4. The zero-order chi connectivity index (χ0) is 22.4. The number of hydrogen-bond acceptors (Lipinski definition) is 3. The summed E-state index contributed by atoms with van der Waals surface area (Å²) in [4.78, 5) is 12.8. The van der Waals surface area contributed by atoms with Crippen LogP contribution in [0.25, 0.3) is 39.4 Å². The summed E-state index contributed by atoms with van der Waals surface area (Å²) in [7, 11) is 0. The summed E-state index contributed by atoms with van der Waals surface area (Å²) >= 11 is 0. The number of benzene rings is 1. The van der Waals surface area contributed by atoms with Gasteiger partial charge in [0.1, 0.15) is 17.0 Å². The van der Waals surface area contributed by atoms with Crippen LogP contribution in [0.15, 0.2) is 84.6 Å². The maximum atomic E-state index is 14.7. The van der Waals surface area contributed by atoms with E-state index in [0.717, 1.165) is 57.1 Å². The molecule has 0 spiro atoms. The van der Waals surface area contributed by atoms with Gasteiger partial charge in [-0.15, -0.1) is 0 Å². The molecule has 0 aliphatic heterocycles. The van der Waals surface area contributed by atoms with Crippen LogP contribution in [-0.2, 0) is 6.42 Å². The predicted molar refractivity (Wildman–Crippen MR) is 128 cm³/mol. The molecule has 6 rings (SSSR count). The van der Waals surface area contributed by atoms with Crippen LogP contribution >= 0.6 is 0 Å². The molecule has 0 radical (unpaired) electrons. The summed E-state index contributed by atoms with van der Waals surface area (Å²) in [5.41, 5.74) is 9.39. The van der Waals surface area contributed by atoms with E-state index in [4.69, 9.17) is 4.98 Å². The lowest BCUT2D eigenvalue weighted by atomic mass is 9.97. The molecule has 0 amide bonds. The average Bonchev–Trinajstić information content (AvgIpc) is 3.41. The lowest BCUT2D eigenvalue weighted by Crippen LogP contribution is -1.94. The average molecular weight is 433 g/mol. The molecule has 0 saturated carbocycles. The fourth-order valence-corrected chi connectivity index (χ4v) is 4.32. The van der Waals surface area contributed by atoms with E-state index in [9.17, 15) is 4.39 Å². The Morgan fingerprint density at radius 1 is 0.909 bits per heavy atom. The fraction of sp³-hybridized carbons (Fsp3) is 0.0741. The fourth-order valence-electron chi connectivity index (χ4n) is 4.32. The van der Waals surface area contributed by atoms with E-state index < -0.39 is 0 Å². The Labute approximate surface area is 189 Å². The smallest absolute Gasteiger partial charge is 0.135 e. The molecule has 4 heterocycles. The second kappa shape index (κ2) is 7.67. The third-order valence-electron chi connectivity index (χ3n) is 5.93. The van der Waals surface area contributed by atoms with Gasteiger partial charge in [-0.2, -0.15) is 5.10 Å². The second-order valence-electron chi connectivity index (χ2n) is 8.21. The Bertz CT molecular complexity index is 1560. The third-order valence-corrected chi connectivity index (χ3v) is 5.93. The molecule has 2 N–H and O–H groups in total. The van der Waals surface area contributed by atoms with Gasteiger partial charge in [-0.1, -0.05) is 42.0 Å². The molecule has 1 aliphatic carbocycles. The summed E-state index contributed by atoms with van der Waals surface area (Å²) in [6.45, 7) is 2.08. The molecule has 0 fully saturated rings. The number of aromatic amines is 2. The van der Waals surface area contributed by atoms with E-state index >= 15 is 0 Å². The molecule has 6 heteroatoms. The van der Waals surface area contributed by atoms with Gasteiger partial charge in [0.25, 0.3) is 0 Å². The Morgan fingerprint density at radius 3 is 2.64 bits per heavy atom. The molecular formula is C27H20FN5. The molecule has 1 aliphatic rings. The number of nitrogens with one attached hydrogen (secondary N) is 2. The highest BCUT2D eigenvalue weighted by molar-refractivity contribution is 5.92. The molecule has 5 nitrogen and oxygen atoms in total. The number of fused-ring (bicyclic) bond motifs is 2. The number of pyridine rings is 2.